The first-order valence-corrected chi connectivity index (χ1v) is 11.8. The van der Waals surface area contributed by atoms with E-state index in [-0.39, 0.29) is 5.92 Å². The van der Waals surface area contributed by atoms with Gasteiger partial charge < -0.3 is 24.6 Å². The second-order valence-corrected chi connectivity index (χ2v) is 8.18. The normalized spacial score (nSPS) is 18.2. The van der Waals surface area contributed by atoms with E-state index in [1.54, 1.807) is 0 Å². The van der Waals surface area contributed by atoms with Crippen LogP contribution in [0.4, 0.5) is 0 Å². The Morgan fingerprint density at radius 2 is 1.94 bits per heavy atom. The van der Waals surface area contributed by atoms with Crippen LogP contribution in [0.5, 0.6) is 5.75 Å². The molecule has 1 amide bonds. The summed E-state index contributed by atoms with van der Waals surface area (Å²) in [6, 6.07) is 8.30. The highest BCUT2D eigenvalue weighted by atomic mass is 16.5. The van der Waals surface area contributed by atoms with Gasteiger partial charge in [0, 0.05) is 45.2 Å². The Morgan fingerprint density at radius 3 is 2.65 bits per heavy atom. The van der Waals surface area contributed by atoms with Gasteiger partial charge in [-0.1, -0.05) is 19.1 Å². The first-order valence-electron chi connectivity index (χ1n) is 11.8. The highest BCUT2D eigenvalue weighted by Crippen LogP contribution is 2.21. The Kier molecular flexibility index (Phi) is 9.46. The molecule has 2 saturated heterocycles. The molecule has 0 radical (unpaired) electrons. The number of amides is 1. The number of carbonyl (C=O) groups is 1. The van der Waals surface area contributed by atoms with E-state index < -0.39 is 0 Å². The minimum atomic E-state index is 0.128. The summed E-state index contributed by atoms with van der Waals surface area (Å²) in [4.78, 5) is 21.9. The number of benzene rings is 1. The molecule has 2 fully saturated rings. The van der Waals surface area contributed by atoms with Crippen molar-refractivity contribution >= 4 is 11.9 Å². The van der Waals surface area contributed by atoms with Crippen LogP contribution in [0.1, 0.15) is 38.7 Å². The lowest BCUT2D eigenvalue weighted by molar-refractivity contribution is -0.140. The first-order chi connectivity index (χ1) is 15.2. The number of guanidine groups is 1. The van der Waals surface area contributed by atoms with Crippen molar-refractivity contribution < 1.29 is 14.3 Å². The molecule has 7 nitrogen and oxygen atoms in total. The van der Waals surface area contributed by atoms with Gasteiger partial charge in [0.05, 0.1) is 19.8 Å². The van der Waals surface area contributed by atoms with Gasteiger partial charge in [-0.2, -0.15) is 0 Å². The predicted molar refractivity (Wildman–Crippen MR) is 124 cm³/mol. The molecule has 0 spiro atoms. The van der Waals surface area contributed by atoms with Crippen molar-refractivity contribution in [1.82, 2.24) is 15.1 Å². The minimum absolute atomic E-state index is 0.128. The number of likely N-dealkylation sites (tertiary alicyclic amines) is 1. The fraction of sp³-hybridized carbons (Fsp3) is 0.667. The maximum Gasteiger partial charge on any atom is 0.225 e. The molecule has 1 aromatic carbocycles. The van der Waals surface area contributed by atoms with Gasteiger partial charge >= 0.3 is 0 Å². The molecule has 2 heterocycles. The Balaban J connectivity index is 1.50. The molecule has 1 aromatic rings. The summed E-state index contributed by atoms with van der Waals surface area (Å²) in [6.45, 7) is 11.0. The van der Waals surface area contributed by atoms with E-state index in [4.69, 9.17) is 14.5 Å². The molecule has 7 heteroatoms. The molecule has 0 aliphatic carbocycles. The summed E-state index contributed by atoms with van der Waals surface area (Å²) >= 11 is 0. The van der Waals surface area contributed by atoms with Crippen LogP contribution in [0.25, 0.3) is 0 Å². The van der Waals surface area contributed by atoms with Crippen LogP contribution in [0, 0.1) is 5.92 Å². The van der Waals surface area contributed by atoms with Crippen LogP contribution >= 0.6 is 0 Å². The lowest BCUT2D eigenvalue weighted by Gasteiger charge is -2.36. The lowest BCUT2D eigenvalue weighted by Crippen LogP contribution is -2.50. The average molecular weight is 431 g/mol. The standard InChI is InChI=1S/C24H38N4O3/c1-3-16-31-22-7-5-6-20(19-22)8-11-26-24(25-4-2)28-12-9-21(10-13-28)23(29)27-14-17-30-18-15-27/h5-7,19,21H,3-4,8-18H2,1-2H3,(H,25,26). The third-order valence-corrected chi connectivity index (χ3v) is 5.83. The molecule has 0 saturated carbocycles. The van der Waals surface area contributed by atoms with Crippen LogP contribution in [0.15, 0.2) is 29.3 Å². The summed E-state index contributed by atoms with van der Waals surface area (Å²) in [5.74, 6) is 2.32. The number of nitrogens with one attached hydrogen (secondary N) is 1. The summed E-state index contributed by atoms with van der Waals surface area (Å²) in [7, 11) is 0. The first kappa shape index (κ1) is 23.4. The molecule has 2 aliphatic rings. The van der Waals surface area contributed by atoms with Crippen molar-refractivity contribution in [1.29, 1.82) is 0 Å². The van der Waals surface area contributed by atoms with Gasteiger partial charge in [-0.25, -0.2) is 0 Å². The van der Waals surface area contributed by atoms with E-state index in [9.17, 15) is 4.79 Å². The number of carbonyl (C=O) groups excluding carboxylic acids is 1. The fourth-order valence-electron chi connectivity index (χ4n) is 4.11. The number of hydrogen-bond donors (Lipinski definition) is 1. The Morgan fingerprint density at radius 1 is 1.16 bits per heavy atom. The number of ether oxygens (including phenoxy) is 2. The minimum Gasteiger partial charge on any atom is -0.494 e. The van der Waals surface area contributed by atoms with Crippen LogP contribution < -0.4 is 10.1 Å². The molecular weight excluding hydrogens is 392 g/mol. The largest absolute Gasteiger partial charge is 0.494 e. The number of rotatable bonds is 8. The topological polar surface area (TPSA) is 66.4 Å². The van der Waals surface area contributed by atoms with E-state index in [0.717, 1.165) is 83.3 Å². The second-order valence-electron chi connectivity index (χ2n) is 8.18. The van der Waals surface area contributed by atoms with Gasteiger partial charge in [0.2, 0.25) is 5.91 Å². The third-order valence-electron chi connectivity index (χ3n) is 5.83. The monoisotopic (exact) mass is 430 g/mol. The van der Waals surface area contributed by atoms with Gasteiger partial charge in [-0.3, -0.25) is 9.79 Å². The second kappa shape index (κ2) is 12.5. The molecule has 3 rings (SSSR count). The van der Waals surface area contributed by atoms with Crippen molar-refractivity contribution in [3.05, 3.63) is 29.8 Å². The number of morpholine rings is 1. The van der Waals surface area contributed by atoms with E-state index >= 15 is 0 Å². The van der Waals surface area contributed by atoms with Crippen molar-refractivity contribution in [3.63, 3.8) is 0 Å². The van der Waals surface area contributed by atoms with Crippen LogP contribution in [-0.4, -0.2) is 80.8 Å². The average Bonchev–Trinajstić information content (AvgIpc) is 2.83. The molecule has 1 N–H and O–H groups in total. The maximum absolute atomic E-state index is 12.8. The van der Waals surface area contributed by atoms with Gasteiger partial charge in [0.1, 0.15) is 5.75 Å². The number of piperidine rings is 1. The molecule has 0 bridgehead atoms. The van der Waals surface area contributed by atoms with Crippen molar-refractivity contribution in [2.75, 3.05) is 59.1 Å². The van der Waals surface area contributed by atoms with Gasteiger partial charge in [0.25, 0.3) is 0 Å². The zero-order valence-corrected chi connectivity index (χ0v) is 19.1. The summed E-state index contributed by atoms with van der Waals surface area (Å²) in [6.07, 6.45) is 3.66. The van der Waals surface area contributed by atoms with E-state index in [0.29, 0.717) is 19.1 Å². The molecule has 0 unspecified atom stereocenters. The maximum atomic E-state index is 12.8. The Hall–Kier alpha value is -2.28. The zero-order valence-electron chi connectivity index (χ0n) is 19.1. The fourth-order valence-corrected chi connectivity index (χ4v) is 4.11. The molecule has 0 atom stereocenters. The van der Waals surface area contributed by atoms with Gasteiger partial charge in [-0.15, -0.1) is 0 Å². The molecule has 31 heavy (non-hydrogen) atoms. The van der Waals surface area contributed by atoms with E-state index in [2.05, 4.69) is 36.2 Å². The van der Waals surface area contributed by atoms with Crippen LogP contribution in [0.3, 0.4) is 0 Å². The molecular formula is C24H38N4O3. The number of hydrogen-bond acceptors (Lipinski definition) is 4. The molecule has 172 valence electrons. The highest BCUT2D eigenvalue weighted by molar-refractivity contribution is 5.82. The molecule has 2 aliphatic heterocycles. The number of nitrogens with zero attached hydrogens (tertiary/aromatic N) is 3. The predicted octanol–water partition coefficient (Wildman–Crippen LogP) is 2.55. The van der Waals surface area contributed by atoms with Gasteiger partial charge in [0.15, 0.2) is 5.96 Å². The van der Waals surface area contributed by atoms with E-state index in [1.807, 2.05) is 17.0 Å². The van der Waals surface area contributed by atoms with Crippen LogP contribution in [-0.2, 0) is 16.0 Å². The highest BCUT2D eigenvalue weighted by Gasteiger charge is 2.30. The molecule has 0 aromatic heterocycles. The quantitative estimate of drug-likeness (QED) is 0.507. The van der Waals surface area contributed by atoms with Gasteiger partial charge in [-0.05, 0) is 50.3 Å². The Labute approximate surface area is 186 Å². The summed E-state index contributed by atoms with van der Waals surface area (Å²) in [5.41, 5.74) is 1.24. The summed E-state index contributed by atoms with van der Waals surface area (Å²) in [5, 5.41) is 3.42. The van der Waals surface area contributed by atoms with E-state index in [1.165, 1.54) is 5.56 Å². The summed E-state index contributed by atoms with van der Waals surface area (Å²) < 4.78 is 11.1. The van der Waals surface area contributed by atoms with Crippen molar-refractivity contribution in [2.45, 2.75) is 39.5 Å². The third kappa shape index (κ3) is 7.13. The Bertz CT molecular complexity index is 711. The SMILES string of the molecule is CCCOc1cccc(CCN=C(NCC)N2CCC(C(=O)N3CCOCC3)CC2)c1. The smallest absolute Gasteiger partial charge is 0.225 e. The van der Waals surface area contributed by atoms with Crippen LogP contribution in [0.2, 0.25) is 0 Å². The van der Waals surface area contributed by atoms with Crippen molar-refractivity contribution in [2.24, 2.45) is 10.9 Å². The zero-order chi connectivity index (χ0) is 21.9. The number of aliphatic imine (C=N–C) groups is 1. The lowest BCUT2D eigenvalue weighted by atomic mass is 9.95. The van der Waals surface area contributed by atoms with Crippen molar-refractivity contribution in [3.8, 4) is 5.75 Å².